The van der Waals surface area contributed by atoms with Gasteiger partial charge in [0, 0.05) is 19.1 Å². The number of nitrogens with two attached hydrogens (primary N) is 1. The number of hydrogen-bond donors (Lipinski definition) is 2. The first-order valence-corrected chi connectivity index (χ1v) is 6.25. The Hall–Kier alpha value is -1.05. The van der Waals surface area contributed by atoms with E-state index in [1.54, 1.807) is 0 Å². The monoisotopic (exact) mass is 237 g/mol. The lowest BCUT2D eigenvalue weighted by Gasteiger charge is -2.36. The maximum Gasteiger partial charge on any atom is 0.237 e. The van der Waals surface area contributed by atoms with Crippen LogP contribution in [0.2, 0.25) is 0 Å². The molecule has 1 aliphatic heterocycles. The van der Waals surface area contributed by atoms with Gasteiger partial charge in [-0.1, -0.05) is 12.8 Å². The molecule has 0 spiro atoms. The first kappa shape index (κ1) is 14.0. The Bertz CT molecular complexity index is 302. The number of piperidine rings is 1. The highest BCUT2D eigenvalue weighted by Gasteiger charge is 2.32. The van der Waals surface area contributed by atoms with Gasteiger partial charge in [0.15, 0.2) is 0 Å². The van der Waals surface area contributed by atoms with Crippen LogP contribution in [0.5, 0.6) is 0 Å². The summed E-state index contributed by atoms with van der Waals surface area (Å²) in [5.74, 6) is 2.39. The van der Waals surface area contributed by atoms with Crippen molar-refractivity contribution in [1.82, 2.24) is 10.2 Å². The van der Waals surface area contributed by atoms with Gasteiger partial charge in [0.1, 0.15) is 0 Å². The van der Waals surface area contributed by atoms with Crippen LogP contribution in [-0.2, 0) is 4.79 Å². The lowest BCUT2D eigenvalue weighted by molar-refractivity contribution is -0.124. The number of likely N-dealkylation sites (tertiary alicyclic amines) is 1. The van der Waals surface area contributed by atoms with E-state index >= 15 is 0 Å². The molecule has 0 aliphatic carbocycles. The predicted molar refractivity (Wildman–Crippen MR) is 69.3 cm³/mol. The van der Waals surface area contributed by atoms with Crippen LogP contribution in [0.1, 0.15) is 33.1 Å². The molecule has 0 aromatic heterocycles. The first-order chi connectivity index (χ1) is 8.01. The van der Waals surface area contributed by atoms with Crippen LogP contribution in [0.25, 0.3) is 0 Å². The summed E-state index contributed by atoms with van der Waals surface area (Å²) >= 11 is 0. The van der Waals surface area contributed by atoms with Crippen LogP contribution in [0, 0.1) is 12.3 Å². The average molecular weight is 237 g/mol. The van der Waals surface area contributed by atoms with E-state index in [2.05, 4.69) is 16.1 Å². The minimum absolute atomic E-state index is 0.272. The molecule has 1 atom stereocenters. The highest BCUT2D eigenvalue weighted by atomic mass is 16.1. The second-order valence-electron chi connectivity index (χ2n) is 4.95. The molecule has 1 amide bonds. The number of rotatable bonds is 5. The highest BCUT2D eigenvalue weighted by Crippen LogP contribution is 2.16. The number of hydrogen-bond acceptors (Lipinski definition) is 3. The van der Waals surface area contributed by atoms with Gasteiger partial charge in [0.05, 0.1) is 12.1 Å². The van der Waals surface area contributed by atoms with Crippen molar-refractivity contribution in [3.8, 4) is 12.3 Å². The van der Waals surface area contributed by atoms with Crippen LogP contribution in [0.3, 0.4) is 0 Å². The summed E-state index contributed by atoms with van der Waals surface area (Å²) in [6, 6.07) is 0.362. The third kappa shape index (κ3) is 3.72. The van der Waals surface area contributed by atoms with E-state index in [0.29, 0.717) is 19.0 Å². The number of primary amides is 1. The molecule has 4 nitrogen and oxygen atoms in total. The van der Waals surface area contributed by atoms with Gasteiger partial charge in [0.25, 0.3) is 0 Å². The van der Waals surface area contributed by atoms with Crippen molar-refractivity contribution in [2.75, 3.05) is 19.6 Å². The van der Waals surface area contributed by atoms with Gasteiger partial charge >= 0.3 is 0 Å². The molecule has 4 heteroatoms. The van der Waals surface area contributed by atoms with Crippen LogP contribution in [-0.4, -0.2) is 42.0 Å². The quantitative estimate of drug-likeness (QED) is 0.677. The Morgan fingerprint density at radius 1 is 1.59 bits per heavy atom. The van der Waals surface area contributed by atoms with Gasteiger partial charge in [-0.25, -0.2) is 0 Å². The van der Waals surface area contributed by atoms with Gasteiger partial charge in [-0.2, -0.15) is 0 Å². The zero-order chi connectivity index (χ0) is 12.9. The maximum atomic E-state index is 11.4. The van der Waals surface area contributed by atoms with Crippen molar-refractivity contribution in [1.29, 1.82) is 0 Å². The number of terminal acetylenes is 1. The highest BCUT2D eigenvalue weighted by molar-refractivity contribution is 5.84. The molecular formula is C13H23N3O. The number of carbonyl (C=O) groups excluding carboxylic acids is 1. The molecule has 1 saturated heterocycles. The summed E-state index contributed by atoms with van der Waals surface area (Å²) in [7, 11) is 0. The molecule has 0 aromatic carbocycles. The van der Waals surface area contributed by atoms with Crippen LogP contribution in [0.15, 0.2) is 0 Å². The van der Waals surface area contributed by atoms with Gasteiger partial charge in [-0.3, -0.25) is 9.69 Å². The van der Waals surface area contributed by atoms with E-state index in [1.807, 2.05) is 13.8 Å². The Morgan fingerprint density at radius 3 is 2.59 bits per heavy atom. The van der Waals surface area contributed by atoms with Crippen molar-refractivity contribution >= 4 is 5.91 Å². The molecule has 96 valence electrons. The van der Waals surface area contributed by atoms with Gasteiger partial charge in [-0.15, -0.1) is 6.42 Å². The summed E-state index contributed by atoms with van der Waals surface area (Å²) in [5.41, 5.74) is 4.85. The van der Waals surface area contributed by atoms with E-state index in [0.717, 1.165) is 25.9 Å². The Labute approximate surface area is 104 Å². The van der Waals surface area contributed by atoms with Crippen molar-refractivity contribution in [3.63, 3.8) is 0 Å². The van der Waals surface area contributed by atoms with Gasteiger partial charge in [0.2, 0.25) is 5.91 Å². The number of amides is 1. The summed E-state index contributed by atoms with van der Waals surface area (Å²) in [6.07, 6.45) is 8.04. The van der Waals surface area contributed by atoms with Gasteiger partial charge in [-0.05, 0) is 26.2 Å². The van der Waals surface area contributed by atoms with Crippen molar-refractivity contribution in [2.24, 2.45) is 5.73 Å². The average Bonchev–Trinajstić information content (AvgIpc) is 2.31. The lowest BCUT2D eigenvalue weighted by atomic mass is 9.94. The largest absolute Gasteiger partial charge is 0.368 e. The molecule has 3 N–H and O–H groups in total. The first-order valence-electron chi connectivity index (χ1n) is 6.25. The SMILES string of the molecule is C#CCN1CCC(NC(C)(CC)C(N)=O)CC1. The van der Waals surface area contributed by atoms with E-state index in [4.69, 9.17) is 12.2 Å². The molecule has 1 heterocycles. The molecule has 0 aromatic rings. The van der Waals surface area contributed by atoms with E-state index in [9.17, 15) is 4.79 Å². The second-order valence-corrected chi connectivity index (χ2v) is 4.95. The molecule has 1 unspecified atom stereocenters. The summed E-state index contributed by atoms with van der Waals surface area (Å²) in [5, 5.41) is 3.39. The normalized spacial score (nSPS) is 21.7. The Balaban J connectivity index is 2.45. The fraction of sp³-hybridized carbons (Fsp3) is 0.769. The Morgan fingerprint density at radius 2 is 2.18 bits per heavy atom. The summed E-state index contributed by atoms with van der Waals surface area (Å²) < 4.78 is 0. The second kappa shape index (κ2) is 6.04. The summed E-state index contributed by atoms with van der Waals surface area (Å²) in [6.45, 7) is 6.54. The Kier molecular flexibility index (Phi) is 4.98. The number of nitrogens with zero attached hydrogens (tertiary/aromatic N) is 1. The molecule has 0 saturated carbocycles. The van der Waals surface area contributed by atoms with Crippen LogP contribution in [0.4, 0.5) is 0 Å². The molecule has 0 bridgehead atoms. The standard InChI is InChI=1S/C13H23N3O/c1-4-8-16-9-6-11(7-10-16)15-13(3,5-2)12(14)17/h1,11,15H,5-10H2,2-3H3,(H2,14,17). The fourth-order valence-corrected chi connectivity index (χ4v) is 2.16. The number of carbonyl (C=O) groups is 1. The maximum absolute atomic E-state index is 11.4. The third-order valence-electron chi connectivity index (χ3n) is 3.68. The van der Waals surface area contributed by atoms with Crippen molar-refractivity contribution in [3.05, 3.63) is 0 Å². The summed E-state index contributed by atoms with van der Waals surface area (Å²) in [4.78, 5) is 13.7. The molecule has 0 radical (unpaired) electrons. The van der Waals surface area contributed by atoms with Gasteiger partial charge < -0.3 is 11.1 Å². The zero-order valence-electron chi connectivity index (χ0n) is 10.8. The number of nitrogens with one attached hydrogen (secondary N) is 1. The minimum atomic E-state index is -0.584. The third-order valence-corrected chi connectivity index (χ3v) is 3.68. The van der Waals surface area contributed by atoms with Crippen LogP contribution < -0.4 is 11.1 Å². The fourth-order valence-electron chi connectivity index (χ4n) is 2.16. The molecule has 17 heavy (non-hydrogen) atoms. The van der Waals surface area contributed by atoms with E-state index < -0.39 is 5.54 Å². The topological polar surface area (TPSA) is 58.4 Å². The minimum Gasteiger partial charge on any atom is -0.368 e. The van der Waals surface area contributed by atoms with E-state index in [-0.39, 0.29) is 5.91 Å². The predicted octanol–water partition coefficient (Wildman–Crippen LogP) is 0.328. The zero-order valence-corrected chi connectivity index (χ0v) is 10.8. The van der Waals surface area contributed by atoms with Crippen LogP contribution >= 0.6 is 0 Å². The molecule has 1 rings (SSSR count). The molecular weight excluding hydrogens is 214 g/mol. The van der Waals surface area contributed by atoms with E-state index in [1.165, 1.54) is 0 Å². The molecule has 1 aliphatic rings. The lowest BCUT2D eigenvalue weighted by Crippen LogP contribution is -2.58. The van der Waals surface area contributed by atoms with Crippen molar-refractivity contribution in [2.45, 2.75) is 44.7 Å². The smallest absolute Gasteiger partial charge is 0.237 e. The van der Waals surface area contributed by atoms with Crippen molar-refractivity contribution < 1.29 is 4.79 Å². The molecule has 1 fully saturated rings.